The molecule has 2 aromatic carbocycles. The van der Waals surface area contributed by atoms with Crippen LogP contribution in [0.3, 0.4) is 0 Å². The molecule has 1 N–H and O–H groups in total. The number of aromatic nitrogens is 2. The van der Waals surface area contributed by atoms with Gasteiger partial charge in [0.25, 0.3) is 5.91 Å². The number of pyridine rings is 1. The minimum Gasteiger partial charge on any atom is -0.369 e. The van der Waals surface area contributed by atoms with Crippen LogP contribution in [0.4, 0.5) is 5.69 Å². The highest BCUT2D eigenvalue weighted by atomic mass is 35.5. The number of benzene rings is 2. The monoisotopic (exact) mass is 532 g/mol. The van der Waals surface area contributed by atoms with Gasteiger partial charge in [-0.05, 0) is 62.6 Å². The van der Waals surface area contributed by atoms with E-state index >= 15 is 0 Å². The number of fused-ring (bicyclic) bond motifs is 1. The van der Waals surface area contributed by atoms with Crippen molar-refractivity contribution in [3.8, 4) is 22.3 Å². The fraction of sp³-hybridized carbons (Fsp3) is 0.333. The molecule has 0 saturated carbocycles. The number of H-pyrrole nitrogens is 1. The summed E-state index contributed by atoms with van der Waals surface area (Å²) in [5.74, 6) is 0.0382. The van der Waals surface area contributed by atoms with Gasteiger partial charge in [0.15, 0.2) is 0 Å². The zero-order valence-corrected chi connectivity index (χ0v) is 23.5. The highest BCUT2D eigenvalue weighted by molar-refractivity contribution is 5.98. The molecule has 1 aliphatic rings. The van der Waals surface area contributed by atoms with Gasteiger partial charge >= 0.3 is 0 Å². The molecular formula is C30H37ClN6O. The van der Waals surface area contributed by atoms with Crippen molar-refractivity contribution in [3.63, 3.8) is 0 Å². The van der Waals surface area contributed by atoms with Crippen molar-refractivity contribution in [1.29, 1.82) is 0 Å². The summed E-state index contributed by atoms with van der Waals surface area (Å²) < 4.78 is 0. The van der Waals surface area contributed by atoms with E-state index < -0.39 is 0 Å². The first-order valence-corrected chi connectivity index (χ1v) is 12.9. The van der Waals surface area contributed by atoms with E-state index in [1.807, 2.05) is 57.8 Å². The first kappa shape index (κ1) is 27.6. The number of nitrogens with zero attached hydrogens (tertiary/aromatic N) is 5. The SMILES string of the molecule is CN(C)CCN(C)C(=O)c1ccc(-c2c[nH]c3ncc(-c4ccc(N5CCN(C)CC5)cc4)cc23)cc1.Cl. The molecule has 1 amide bonds. The molecule has 1 saturated heterocycles. The Hall–Kier alpha value is -3.39. The fourth-order valence-corrected chi connectivity index (χ4v) is 4.79. The number of hydrogen-bond acceptors (Lipinski definition) is 5. The Kier molecular flexibility index (Phi) is 8.72. The van der Waals surface area contributed by atoms with E-state index in [4.69, 9.17) is 4.98 Å². The van der Waals surface area contributed by atoms with E-state index in [0.717, 1.165) is 66.0 Å². The lowest BCUT2D eigenvalue weighted by atomic mass is 10.0. The number of nitrogens with one attached hydrogen (secondary N) is 1. The summed E-state index contributed by atoms with van der Waals surface area (Å²) in [6, 6.07) is 18.9. The Morgan fingerprint density at radius 1 is 0.895 bits per heavy atom. The molecule has 1 aliphatic heterocycles. The van der Waals surface area contributed by atoms with E-state index in [1.165, 1.54) is 5.69 Å². The largest absolute Gasteiger partial charge is 0.369 e. The second-order valence-corrected chi connectivity index (χ2v) is 10.3. The molecule has 2 aromatic heterocycles. The van der Waals surface area contributed by atoms with E-state index in [9.17, 15) is 4.79 Å². The molecule has 38 heavy (non-hydrogen) atoms. The van der Waals surface area contributed by atoms with Crippen LogP contribution in [0.5, 0.6) is 0 Å². The molecule has 4 aromatic rings. The number of carbonyl (C=O) groups excluding carboxylic acids is 1. The Labute approximate surface area is 231 Å². The molecule has 0 atom stereocenters. The van der Waals surface area contributed by atoms with Crippen molar-refractivity contribution in [2.75, 3.05) is 72.4 Å². The molecule has 0 aliphatic carbocycles. The topological polar surface area (TPSA) is 58.7 Å². The van der Waals surface area contributed by atoms with Crippen molar-refractivity contribution in [3.05, 3.63) is 72.6 Å². The number of likely N-dealkylation sites (N-methyl/N-ethyl adjacent to an activating group) is 3. The number of amides is 1. The zero-order valence-electron chi connectivity index (χ0n) is 22.6. The summed E-state index contributed by atoms with van der Waals surface area (Å²) in [5, 5.41) is 1.07. The van der Waals surface area contributed by atoms with Gasteiger partial charge in [0.05, 0.1) is 0 Å². The van der Waals surface area contributed by atoms with Crippen molar-refractivity contribution >= 4 is 35.0 Å². The first-order valence-electron chi connectivity index (χ1n) is 12.9. The van der Waals surface area contributed by atoms with Gasteiger partial charge in [-0.2, -0.15) is 0 Å². The van der Waals surface area contributed by atoms with Crippen molar-refractivity contribution in [2.24, 2.45) is 0 Å². The van der Waals surface area contributed by atoms with Crippen molar-refractivity contribution in [1.82, 2.24) is 24.7 Å². The first-order chi connectivity index (χ1) is 17.9. The van der Waals surface area contributed by atoms with Gasteiger partial charge in [-0.25, -0.2) is 4.98 Å². The minimum absolute atomic E-state index is 0. The summed E-state index contributed by atoms with van der Waals surface area (Å²) in [7, 11) is 8.06. The number of hydrogen-bond donors (Lipinski definition) is 1. The number of piperazine rings is 1. The van der Waals surface area contributed by atoms with E-state index in [-0.39, 0.29) is 18.3 Å². The van der Waals surface area contributed by atoms with E-state index in [0.29, 0.717) is 12.1 Å². The van der Waals surface area contributed by atoms with Crippen molar-refractivity contribution < 1.29 is 4.79 Å². The number of aromatic amines is 1. The molecular weight excluding hydrogens is 496 g/mol. The number of carbonyl (C=O) groups is 1. The normalized spacial score (nSPS) is 14.1. The van der Waals surface area contributed by atoms with Gasteiger partial charge in [0.1, 0.15) is 5.65 Å². The van der Waals surface area contributed by atoms with Crippen LogP contribution in [-0.2, 0) is 0 Å². The third-order valence-corrected chi connectivity index (χ3v) is 7.27. The number of rotatable bonds is 7. The zero-order chi connectivity index (χ0) is 25.9. The maximum absolute atomic E-state index is 12.8. The molecule has 1 fully saturated rings. The van der Waals surface area contributed by atoms with Crippen LogP contribution >= 0.6 is 12.4 Å². The fourth-order valence-electron chi connectivity index (χ4n) is 4.79. The van der Waals surface area contributed by atoms with Crippen LogP contribution in [0.2, 0.25) is 0 Å². The molecule has 200 valence electrons. The Bertz CT molecular complexity index is 1360. The molecule has 8 heteroatoms. The molecule has 5 rings (SSSR count). The summed E-state index contributed by atoms with van der Waals surface area (Å²) in [6.45, 7) is 5.85. The van der Waals surface area contributed by atoms with E-state index in [2.05, 4.69) is 57.1 Å². The second kappa shape index (κ2) is 12.0. The van der Waals surface area contributed by atoms with Crippen LogP contribution in [0, 0.1) is 0 Å². The maximum atomic E-state index is 12.8. The third-order valence-electron chi connectivity index (χ3n) is 7.27. The number of halogens is 1. The number of anilines is 1. The van der Waals surface area contributed by atoms with Crippen LogP contribution in [0.1, 0.15) is 10.4 Å². The molecule has 3 heterocycles. The standard InChI is InChI=1S/C30H36N6O.ClH/c1-33(2)13-16-35(4)30(37)24-7-5-23(6-8-24)28-21-32-29-27(28)19-25(20-31-29)22-9-11-26(12-10-22)36-17-14-34(3)15-18-36;/h5-12,19-21H,13-18H2,1-4H3,(H,31,32);1H. The van der Waals surface area contributed by atoms with Crippen LogP contribution in [0.25, 0.3) is 33.3 Å². The summed E-state index contributed by atoms with van der Waals surface area (Å²) >= 11 is 0. The van der Waals surface area contributed by atoms with Gasteiger partial charge in [0, 0.05) is 86.5 Å². The van der Waals surface area contributed by atoms with Gasteiger partial charge in [-0.1, -0.05) is 24.3 Å². The second-order valence-electron chi connectivity index (χ2n) is 10.3. The summed E-state index contributed by atoms with van der Waals surface area (Å²) in [6.07, 6.45) is 3.93. The van der Waals surface area contributed by atoms with Crippen LogP contribution < -0.4 is 4.90 Å². The van der Waals surface area contributed by atoms with Gasteiger partial charge in [-0.3, -0.25) is 4.79 Å². The van der Waals surface area contributed by atoms with E-state index in [1.54, 1.807) is 4.90 Å². The lowest BCUT2D eigenvalue weighted by molar-refractivity contribution is 0.0786. The predicted octanol–water partition coefficient (Wildman–Crippen LogP) is 4.70. The minimum atomic E-state index is 0. The summed E-state index contributed by atoms with van der Waals surface area (Å²) in [5.41, 5.74) is 7.21. The lowest BCUT2D eigenvalue weighted by Gasteiger charge is -2.34. The average Bonchev–Trinajstić information content (AvgIpc) is 3.35. The predicted molar refractivity (Wildman–Crippen MR) is 159 cm³/mol. The van der Waals surface area contributed by atoms with Gasteiger partial charge in [-0.15, -0.1) is 12.4 Å². The molecule has 7 nitrogen and oxygen atoms in total. The average molecular weight is 533 g/mol. The summed E-state index contributed by atoms with van der Waals surface area (Å²) in [4.78, 5) is 29.5. The highest BCUT2D eigenvalue weighted by Crippen LogP contribution is 2.32. The molecule has 0 radical (unpaired) electrons. The van der Waals surface area contributed by atoms with Crippen LogP contribution in [0.15, 0.2) is 67.0 Å². The molecule has 0 unspecified atom stereocenters. The van der Waals surface area contributed by atoms with Gasteiger partial charge < -0.3 is 24.6 Å². The maximum Gasteiger partial charge on any atom is 0.253 e. The van der Waals surface area contributed by atoms with Crippen LogP contribution in [-0.4, -0.2) is 98.0 Å². The highest BCUT2D eigenvalue weighted by Gasteiger charge is 2.16. The Balaban J connectivity index is 0.00000336. The smallest absolute Gasteiger partial charge is 0.253 e. The lowest BCUT2D eigenvalue weighted by Crippen LogP contribution is -2.44. The third kappa shape index (κ3) is 6.01. The molecule has 0 spiro atoms. The Morgan fingerprint density at radius 3 is 2.21 bits per heavy atom. The van der Waals surface area contributed by atoms with Crippen molar-refractivity contribution in [2.45, 2.75) is 0 Å². The van der Waals surface area contributed by atoms with Gasteiger partial charge in [0.2, 0.25) is 0 Å². The quantitative estimate of drug-likeness (QED) is 0.374. The molecule has 0 bridgehead atoms. The Morgan fingerprint density at radius 2 is 1.55 bits per heavy atom.